The third kappa shape index (κ3) is 3.32. The molecule has 7 nitrogen and oxygen atoms in total. The van der Waals surface area contributed by atoms with Gasteiger partial charge in [-0.25, -0.2) is 4.98 Å². The number of imidazole rings is 1. The van der Waals surface area contributed by atoms with Gasteiger partial charge in [0.05, 0.1) is 28.6 Å². The number of pyridine rings is 1. The van der Waals surface area contributed by atoms with E-state index < -0.39 is 5.91 Å². The number of benzene rings is 1. The Morgan fingerprint density at radius 3 is 2.72 bits per heavy atom. The van der Waals surface area contributed by atoms with E-state index in [0.717, 1.165) is 29.9 Å². The summed E-state index contributed by atoms with van der Waals surface area (Å²) in [6, 6.07) is 5.82. The molecule has 0 radical (unpaired) electrons. The van der Waals surface area contributed by atoms with Gasteiger partial charge in [-0.3, -0.25) is 9.78 Å². The van der Waals surface area contributed by atoms with Crippen molar-refractivity contribution in [3.63, 3.8) is 0 Å². The Balaban J connectivity index is 2.20. The molecule has 1 aromatic carbocycles. The third-order valence-electron chi connectivity index (χ3n) is 4.19. The first kappa shape index (κ1) is 16.9. The zero-order chi connectivity index (χ0) is 18.0. The highest BCUT2D eigenvalue weighted by atomic mass is 16.1. The van der Waals surface area contributed by atoms with Crippen molar-refractivity contribution in [1.82, 2.24) is 19.9 Å². The van der Waals surface area contributed by atoms with Gasteiger partial charge < -0.3 is 20.5 Å². The van der Waals surface area contributed by atoms with Crippen molar-refractivity contribution in [3.05, 3.63) is 42.5 Å². The second-order valence-electron chi connectivity index (χ2n) is 6.28. The number of amides is 1. The van der Waals surface area contributed by atoms with Gasteiger partial charge in [-0.1, -0.05) is 6.07 Å². The molecular weight excluding hydrogens is 316 g/mol. The van der Waals surface area contributed by atoms with E-state index in [1.54, 1.807) is 18.7 Å². The Morgan fingerprint density at radius 1 is 1.28 bits per heavy atom. The van der Waals surface area contributed by atoms with Gasteiger partial charge in [0.2, 0.25) is 0 Å². The van der Waals surface area contributed by atoms with Crippen LogP contribution in [0.5, 0.6) is 0 Å². The van der Waals surface area contributed by atoms with Gasteiger partial charge in [0.15, 0.2) is 0 Å². The molecule has 3 N–H and O–H groups in total. The number of hydrogen-bond donors (Lipinski definition) is 2. The number of aromatic amines is 1. The van der Waals surface area contributed by atoms with E-state index in [9.17, 15) is 4.79 Å². The smallest absolute Gasteiger partial charge is 0.253 e. The molecule has 2 heterocycles. The fraction of sp³-hybridized carbons (Fsp3) is 0.278. The first-order valence-electron chi connectivity index (χ1n) is 8.05. The maximum Gasteiger partial charge on any atom is 0.253 e. The SMILES string of the molecule is CN(C)CCN(C)c1cc(-c2cccnc2)c2nc[nH]c2c1C(N)=O. The van der Waals surface area contributed by atoms with E-state index >= 15 is 0 Å². The molecule has 25 heavy (non-hydrogen) atoms. The second kappa shape index (κ2) is 6.90. The van der Waals surface area contributed by atoms with Gasteiger partial charge in [-0.05, 0) is 26.2 Å². The Kier molecular flexibility index (Phi) is 4.67. The number of hydrogen-bond acceptors (Lipinski definition) is 5. The van der Waals surface area contributed by atoms with Crippen LogP contribution in [0.25, 0.3) is 22.2 Å². The van der Waals surface area contributed by atoms with Gasteiger partial charge in [-0.2, -0.15) is 0 Å². The monoisotopic (exact) mass is 338 g/mol. The summed E-state index contributed by atoms with van der Waals surface area (Å²) in [6.45, 7) is 1.62. The Labute approximate surface area is 146 Å². The highest BCUT2D eigenvalue weighted by Gasteiger charge is 2.21. The van der Waals surface area contributed by atoms with Crippen LogP contribution >= 0.6 is 0 Å². The van der Waals surface area contributed by atoms with E-state index in [0.29, 0.717) is 16.6 Å². The highest BCUT2D eigenvalue weighted by molar-refractivity contribution is 6.12. The van der Waals surface area contributed by atoms with Crippen LogP contribution in [0.4, 0.5) is 5.69 Å². The number of carbonyl (C=O) groups excluding carboxylic acids is 1. The van der Waals surface area contributed by atoms with Crippen LogP contribution in [0, 0.1) is 0 Å². The van der Waals surface area contributed by atoms with Crippen molar-refractivity contribution in [2.45, 2.75) is 0 Å². The molecule has 0 aliphatic carbocycles. The number of nitrogens with two attached hydrogens (primary N) is 1. The fourth-order valence-corrected chi connectivity index (χ4v) is 2.86. The zero-order valence-electron chi connectivity index (χ0n) is 14.7. The number of H-pyrrole nitrogens is 1. The summed E-state index contributed by atoms with van der Waals surface area (Å²) in [7, 11) is 5.99. The van der Waals surface area contributed by atoms with Gasteiger partial charge in [0, 0.05) is 43.7 Å². The fourth-order valence-electron chi connectivity index (χ4n) is 2.86. The predicted octanol–water partition coefficient (Wildman–Crippen LogP) is 1.72. The predicted molar refractivity (Wildman–Crippen MR) is 99.7 cm³/mol. The van der Waals surface area contributed by atoms with Gasteiger partial charge >= 0.3 is 0 Å². The maximum atomic E-state index is 12.1. The van der Waals surface area contributed by atoms with Crippen LogP contribution < -0.4 is 10.6 Å². The number of aromatic nitrogens is 3. The average Bonchev–Trinajstić information content (AvgIpc) is 3.08. The van der Waals surface area contributed by atoms with Crippen LogP contribution in [0.15, 0.2) is 36.9 Å². The molecule has 3 aromatic rings. The van der Waals surface area contributed by atoms with Crippen LogP contribution in [-0.4, -0.2) is 60.0 Å². The highest BCUT2D eigenvalue weighted by Crippen LogP contribution is 2.35. The number of fused-ring (bicyclic) bond motifs is 1. The van der Waals surface area contributed by atoms with Crippen molar-refractivity contribution < 1.29 is 4.79 Å². The van der Waals surface area contributed by atoms with E-state index in [1.807, 2.05) is 44.2 Å². The lowest BCUT2D eigenvalue weighted by molar-refractivity contribution is 0.100. The van der Waals surface area contributed by atoms with Crippen LogP contribution in [0.2, 0.25) is 0 Å². The van der Waals surface area contributed by atoms with Crippen molar-refractivity contribution >= 4 is 22.6 Å². The van der Waals surface area contributed by atoms with Crippen molar-refractivity contribution in [2.75, 3.05) is 39.1 Å². The Hall–Kier alpha value is -2.93. The molecule has 0 aliphatic heterocycles. The first-order valence-corrected chi connectivity index (χ1v) is 8.05. The lowest BCUT2D eigenvalue weighted by Gasteiger charge is -2.24. The van der Waals surface area contributed by atoms with Crippen molar-refractivity contribution in [1.29, 1.82) is 0 Å². The number of nitrogens with one attached hydrogen (secondary N) is 1. The minimum Gasteiger partial charge on any atom is -0.373 e. The molecule has 130 valence electrons. The molecule has 0 saturated carbocycles. The molecule has 0 fully saturated rings. The minimum atomic E-state index is -0.473. The average molecular weight is 338 g/mol. The van der Waals surface area contributed by atoms with E-state index in [4.69, 9.17) is 5.73 Å². The summed E-state index contributed by atoms with van der Waals surface area (Å²) in [5.41, 5.74) is 10.2. The maximum absolute atomic E-state index is 12.1. The molecular formula is C18H22N6O. The normalized spacial score (nSPS) is 11.2. The van der Waals surface area contributed by atoms with E-state index in [1.165, 1.54) is 0 Å². The number of primary amides is 1. The first-order chi connectivity index (χ1) is 12.0. The number of likely N-dealkylation sites (N-methyl/N-ethyl adjacent to an activating group) is 2. The van der Waals surface area contributed by atoms with Gasteiger partial charge in [0.1, 0.15) is 0 Å². The quantitative estimate of drug-likeness (QED) is 0.714. The molecule has 0 unspecified atom stereocenters. The van der Waals surface area contributed by atoms with Crippen molar-refractivity contribution in [2.24, 2.45) is 5.73 Å². The summed E-state index contributed by atoms with van der Waals surface area (Å²) in [5, 5.41) is 0. The van der Waals surface area contributed by atoms with E-state index in [2.05, 4.69) is 19.9 Å². The zero-order valence-corrected chi connectivity index (χ0v) is 14.7. The summed E-state index contributed by atoms with van der Waals surface area (Å²) in [6.07, 6.45) is 5.10. The number of anilines is 1. The largest absolute Gasteiger partial charge is 0.373 e. The summed E-state index contributed by atoms with van der Waals surface area (Å²) < 4.78 is 0. The standard InChI is InChI=1S/C18H22N6O/c1-23(2)7-8-24(3)14-9-13(12-5-4-6-20-10-12)16-17(22-11-21-16)15(14)18(19)25/h4-6,9-11H,7-8H2,1-3H3,(H2,19,25)(H,21,22). The molecule has 3 rings (SSSR count). The minimum absolute atomic E-state index is 0.460. The molecule has 0 aliphatic rings. The molecule has 0 atom stereocenters. The summed E-state index contributed by atoms with van der Waals surface area (Å²) in [5.74, 6) is -0.473. The molecule has 2 aromatic heterocycles. The Morgan fingerprint density at radius 2 is 2.08 bits per heavy atom. The topological polar surface area (TPSA) is 91.1 Å². The third-order valence-corrected chi connectivity index (χ3v) is 4.19. The number of rotatable bonds is 6. The molecule has 0 saturated heterocycles. The molecule has 0 bridgehead atoms. The molecule has 1 amide bonds. The molecule has 7 heteroatoms. The van der Waals surface area contributed by atoms with Crippen LogP contribution in [0.3, 0.4) is 0 Å². The summed E-state index contributed by atoms with van der Waals surface area (Å²) in [4.78, 5) is 27.9. The van der Waals surface area contributed by atoms with E-state index in [-0.39, 0.29) is 0 Å². The van der Waals surface area contributed by atoms with Gasteiger partial charge in [-0.15, -0.1) is 0 Å². The van der Waals surface area contributed by atoms with Crippen LogP contribution in [0.1, 0.15) is 10.4 Å². The lowest BCUT2D eigenvalue weighted by atomic mass is 10.00. The summed E-state index contributed by atoms with van der Waals surface area (Å²) >= 11 is 0. The Bertz CT molecular complexity index is 887. The lowest BCUT2D eigenvalue weighted by Crippen LogP contribution is -2.30. The number of carbonyl (C=O) groups is 1. The number of nitrogens with zero attached hydrogens (tertiary/aromatic N) is 4. The van der Waals surface area contributed by atoms with Crippen molar-refractivity contribution in [3.8, 4) is 11.1 Å². The molecule has 0 spiro atoms. The van der Waals surface area contributed by atoms with Crippen LogP contribution in [-0.2, 0) is 0 Å². The van der Waals surface area contributed by atoms with Gasteiger partial charge in [0.25, 0.3) is 5.91 Å². The second-order valence-corrected chi connectivity index (χ2v) is 6.28.